The van der Waals surface area contributed by atoms with Crippen LogP contribution in [0.3, 0.4) is 0 Å². The Morgan fingerprint density at radius 1 is 0.350 bits per heavy atom. The highest BCUT2D eigenvalue weighted by molar-refractivity contribution is 5.81. The first-order valence-corrected chi connectivity index (χ1v) is 13.2. The third-order valence-electron chi connectivity index (χ3n) is 7.59. The lowest BCUT2D eigenvalue weighted by Crippen LogP contribution is -2.74. The average molecular weight is 972 g/mol. The lowest BCUT2D eigenvalue weighted by atomic mass is 9.84. The molecule has 0 radical (unpaired) electrons. The van der Waals surface area contributed by atoms with Gasteiger partial charge in [-0.25, -0.2) is 0 Å². The van der Waals surface area contributed by atoms with Crippen LogP contribution in [0, 0.1) is 0 Å². The fourth-order valence-electron chi connectivity index (χ4n) is 4.06. The van der Waals surface area contributed by atoms with Crippen molar-refractivity contribution in [3.63, 3.8) is 0 Å². The number of benzene rings is 1. The van der Waals surface area contributed by atoms with Crippen LogP contribution in [0.2, 0.25) is 0 Å². The summed E-state index contributed by atoms with van der Waals surface area (Å²) in [5.41, 5.74) is -11.3. The van der Waals surface area contributed by atoms with Crippen LogP contribution in [-0.4, -0.2) is 96.8 Å². The molecule has 0 saturated heterocycles. The SMILES string of the molecule is COc1c(C=O)cc(C(F)(F)C(F)(F)C(F)(F)C(F)(F)C(F)(F)C(F)(F)C(F)(F)C(F)(F)F)cc1C(F)(F)C(F)(F)C(F)(F)C(F)(F)C(F)(F)C(F)(F)C(F)(F)C(F)(F)F. The van der Waals surface area contributed by atoms with Crippen LogP contribution in [0.25, 0.3) is 0 Å². The first-order valence-electron chi connectivity index (χ1n) is 13.2. The molecule has 0 fully saturated rings. The monoisotopic (exact) mass is 972 g/mol. The fourth-order valence-corrected chi connectivity index (χ4v) is 4.06. The standard InChI is InChI=1S/C24H6F34O2/c1-60-8-5(4-59)2-6(9(25,26)11(29,30)13(33,34)15(37,38)17(41,42)19(45,46)21(49,50)23(53,54)55)3-7(8)10(27,28)12(31,32)14(35,36)16(39,40)18(43,44)20(47,48)22(51,52)24(56,57)58/h2-4H,1H3. The molecule has 1 rings (SSSR count). The van der Waals surface area contributed by atoms with Crippen molar-refractivity contribution in [1.82, 2.24) is 0 Å². The van der Waals surface area contributed by atoms with Gasteiger partial charge in [0.1, 0.15) is 5.75 Å². The minimum Gasteiger partial charge on any atom is -0.495 e. The number of rotatable bonds is 16. The van der Waals surface area contributed by atoms with Crippen molar-refractivity contribution in [2.45, 2.75) is 95.3 Å². The summed E-state index contributed by atoms with van der Waals surface area (Å²) < 4.78 is 470. The molecular formula is C24H6F34O2. The Hall–Kier alpha value is -3.69. The highest BCUT2D eigenvalue weighted by atomic mass is 19.4. The zero-order valence-electron chi connectivity index (χ0n) is 26.4. The first kappa shape index (κ1) is 54.3. The topological polar surface area (TPSA) is 26.3 Å². The summed E-state index contributed by atoms with van der Waals surface area (Å²) in [6.07, 6.45) is -18.1. The first-order chi connectivity index (χ1) is 25.6. The fraction of sp³-hybridized carbons (Fsp3) is 0.708. The molecule has 1 aromatic rings. The van der Waals surface area contributed by atoms with E-state index in [2.05, 4.69) is 4.74 Å². The molecule has 0 aromatic heterocycles. The molecule has 0 aliphatic carbocycles. The van der Waals surface area contributed by atoms with E-state index in [1.807, 2.05) is 0 Å². The Morgan fingerprint density at radius 2 is 0.583 bits per heavy atom. The molecule has 2 nitrogen and oxygen atoms in total. The maximum atomic E-state index is 15.0. The van der Waals surface area contributed by atoms with E-state index in [9.17, 15) is 145 Å². The zero-order chi connectivity index (χ0) is 49.1. The van der Waals surface area contributed by atoms with E-state index in [-0.39, 0.29) is 0 Å². The summed E-state index contributed by atoms with van der Waals surface area (Å²) in [7, 11) is -0.430. The number of aldehydes is 1. The predicted molar refractivity (Wildman–Crippen MR) is 118 cm³/mol. The van der Waals surface area contributed by atoms with Gasteiger partial charge in [-0.2, -0.15) is 149 Å². The second kappa shape index (κ2) is 13.9. The number of methoxy groups -OCH3 is 1. The Bertz CT molecular complexity index is 1760. The van der Waals surface area contributed by atoms with Crippen molar-refractivity contribution in [3.05, 3.63) is 28.8 Å². The molecule has 0 spiro atoms. The van der Waals surface area contributed by atoms with Gasteiger partial charge in [0, 0.05) is 5.56 Å². The summed E-state index contributed by atoms with van der Waals surface area (Å²) in [4.78, 5) is 11.2. The number of halogens is 34. The number of alkyl halides is 34. The lowest BCUT2D eigenvalue weighted by molar-refractivity contribution is -0.463. The molecule has 0 aliphatic heterocycles. The van der Waals surface area contributed by atoms with Crippen molar-refractivity contribution in [2.24, 2.45) is 0 Å². The third kappa shape index (κ3) is 6.48. The second-order valence-electron chi connectivity index (χ2n) is 11.3. The number of carbonyl (C=O) groups is 1. The largest absolute Gasteiger partial charge is 0.495 e. The molecule has 0 bridgehead atoms. The molecular weight excluding hydrogens is 966 g/mol. The normalized spacial score (nSPS) is 16.3. The van der Waals surface area contributed by atoms with Crippen LogP contribution >= 0.6 is 0 Å². The van der Waals surface area contributed by atoms with Gasteiger partial charge in [0.25, 0.3) is 0 Å². The van der Waals surface area contributed by atoms with Gasteiger partial charge in [0.05, 0.1) is 18.2 Å². The summed E-state index contributed by atoms with van der Waals surface area (Å²) in [5.74, 6) is -130. The molecule has 0 N–H and O–H groups in total. The van der Waals surface area contributed by atoms with Crippen LogP contribution in [-0.2, 0) is 11.8 Å². The lowest BCUT2D eigenvalue weighted by Gasteiger charge is -2.43. The maximum absolute atomic E-state index is 15.0. The molecule has 60 heavy (non-hydrogen) atoms. The maximum Gasteiger partial charge on any atom is 0.460 e. The van der Waals surface area contributed by atoms with Crippen molar-refractivity contribution in [2.75, 3.05) is 7.11 Å². The Morgan fingerprint density at radius 3 is 0.817 bits per heavy atom. The van der Waals surface area contributed by atoms with Crippen LogP contribution in [0.4, 0.5) is 149 Å². The van der Waals surface area contributed by atoms with Gasteiger partial charge in [-0.3, -0.25) is 4.79 Å². The number of ether oxygens (including phenoxy) is 1. The van der Waals surface area contributed by atoms with E-state index in [0.29, 0.717) is 0 Å². The van der Waals surface area contributed by atoms with E-state index in [0.717, 1.165) is 0 Å². The number of hydrogen-bond donors (Lipinski definition) is 0. The molecule has 36 heteroatoms. The molecule has 1 aromatic carbocycles. The molecule has 0 unspecified atom stereocenters. The molecule has 0 amide bonds. The summed E-state index contributed by atoms with van der Waals surface area (Å²) in [6, 6.07) is -3.97. The van der Waals surface area contributed by atoms with E-state index in [4.69, 9.17) is 0 Å². The summed E-state index contributed by atoms with van der Waals surface area (Å²) in [6.45, 7) is 0. The van der Waals surface area contributed by atoms with Gasteiger partial charge in [-0.15, -0.1) is 0 Å². The highest BCUT2D eigenvalue weighted by Crippen LogP contribution is 2.68. The minimum absolute atomic E-state index is 0.430. The number of carbonyl (C=O) groups excluding carboxylic acids is 1. The Labute approximate surface area is 303 Å². The predicted octanol–water partition coefficient (Wildman–Crippen LogP) is 12.4. The molecule has 0 atom stereocenters. The highest BCUT2D eigenvalue weighted by Gasteiger charge is 2.97. The summed E-state index contributed by atoms with van der Waals surface area (Å²) >= 11 is 0. The quantitative estimate of drug-likeness (QED) is 0.122. The Kier molecular flexibility index (Phi) is 12.6. The van der Waals surface area contributed by atoms with Gasteiger partial charge < -0.3 is 4.74 Å². The van der Waals surface area contributed by atoms with Crippen molar-refractivity contribution in [3.8, 4) is 5.75 Å². The van der Waals surface area contributed by atoms with E-state index >= 15 is 8.78 Å². The molecule has 0 aliphatic rings. The van der Waals surface area contributed by atoms with Crippen molar-refractivity contribution in [1.29, 1.82) is 0 Å². The van der Waals surface area contributed by atoms with E-state index in [1.54, 1.807) is 0 Å². The van der Waals surface area contributed by atoms with Crippen LogP contribution in [0.1, 0.15) is 21.5 Å². The smallest absolute Gasteiger partial charge is 0.460 e. The summed E-state index contributed by atoms with van der Waals surface area (Å²) in [5, 5.41) is 0. The van der Waals surface area contributed by atoms with Gasteiger partial charge >= 0.3 is 95.3 Å². The second-order valence-corrected chi connectivity index (χ2v) is 11.3. The Balaban J connectivity index is 4.35. The van der Waals surface area contributed by atoms with Gasteiger partial charge in [-0.05, 0) is 12.1 Å². The molecule has 0 heterocycles. The van der Waals surface area contributed by atoms with Crippen LogP contribution in [0.15, 0.2) is 12.1 Å². The molecule has 352 valence electrons. The third-order valence-corrected chi connectivity index (χ3v) is 7.59. The van der Waals surface area contributed by atoms with Crippen LogP contribution < -0.4 is 4.74 Å². The molecule has 0 saturated carbocycles. The van der Waals surface area contributed by atoms with Gasteiger partial charge in [0.15, 0.2) is 6.29 Å². The zero-order valence-corrected chi connectivity index (χ0v) is 26.4. The average Bonchev–Trinajstić information content (AvgIpc) is 3.05. The number of hydrogen-bond acceptors (Lipinski definition) is 2. The van der Waals surface area contributed by atoms with Crippen molar-refractivity contribution >= 4 is 6.29 Å². The van der Waals surface area contributed by atoms with Crippen molar-refractivity contribution < 1.29 is 159 Å². The van der Waals surface area contributed by atoms with E-state index < -0.39 is 143 Å². The van der Waals surface area contributed by atoms with Gasteiger partial charge in [-0.1, -0.05) is 0 Å². The van der Waals surface area contributed by atoms with E-state index in [1.165, 1.54) is 0 Å². The van der Waals surface area contributed by atoms with Crippen LogP contribution in [0.5, 0.6) is 5.75 Å². The van der Waals surface area contributed by atoms with Gasteiger partial charge in [0.2, 0.25) is 0 Å². The minimum atomic E-state index is -9.47.